The fourth-order valence-corrected chi connectivity index (χ4v) is 2.26. The van der Waals surface area contributed by atoms with Crippen molar-refractivity contribution in [3.63, 3.8) is 0 Å². The molecular formula is C12H16O2S. The van der Waals surface area contributed by atoms with E-state index in [9.17, 15) is 8.42 Å². The summed E-state index contributed by atoms with van der Waals surface area (Å²) in [6.07, 6.45) is 1.70. The van der Waals surface area contributed by atoms with E-state index >= 15 is 0 Å². The Bertz CT molecular complexity index is 436. The Morgan fingerprint density at radius 1 is 1.07 bits per heavy atom. The third-order valence-electron chi connectivity index (χ3n) is 1.82. The third kappa shape index (κ3) is 3.88. The van der Waals surface area contributed by atoms with Gasteiger partial charge in [-0.05, 0) is 17.5 Å². The molecule has 0 N–H and O–H groups in total. The molecule has 0 aliphatic rings. The molecule has 1 aromatic rings. The highest BCUT2D eigenvalue weighted by atomic mass is 32.2. The molecule has 0 atom stereocenters. The van der Waals surface area contributed by atoms with Crippen LogP contribution in [0.4, 0.5) is 0 Å². The van der Waals surface area contributed by atoms with Gasteiger partial charge in [0, 0.05) is 5.41 Å². The highest BCUT2D eigenvalue weighted by molar-refractivity contribution is 7.94. The highest BCUT2D eigenvalue weighted by Gasteiger charge is 2.11. The van der Waals surface area contributed by atoms with Crippen LogP contribution in [0.25, 0.3) is 0 Å². The second-order valence-corrected chi connectivity index (χ2v) is 6.36. The lowest BCUT2D eigenvalue weighted by Gasteiger charge is -2.10. The van der Waals surface area contributed by atoms with Crippen LogP contribution in [0.2, 0.25) is 0 Å². The Morgan fingerprint density at radius 2 is 1.60 bits per heavy atom. The van der Waals surface area contributed by atoms with Crippen LogP contribution in [0.5, 0.6) is 0 Å². The third-order valence-corrected chi connectivity index (χ3v) is 3.24. The first-order valence-corrected chi connectivity index (χ1v) is 6.35. The molecule has 0 unspecified atom stereocenters. The van der Waals surface area contributed by atoms with E-state index < -0.39 is 9.84 Å². The molecule has 0 aliphatic heterocycles. The number of benzene rings is 1. The molecule has 0 saturated carbocycles. The number of allylic oxidation sites excluding steroid dienone is 1. The number of sulfone groups is 1. The zero-order valence-corrected chi connectivity index (χ0v) is 10.1. The summed E-state index contributed by atoms with van der Waals surface area (Å²) >= 11 is 0. The average molecular weight is 224 g/mol. The lowest BCUT2D eigenvalue weighted by Crippen LogP contribution is -2.02. The van der Waals surface area contributed by atoms with E-state index in [0.717, 1.165) is 0 Å². The van der Waals surface area contributed by atoms with Crippen molar-refractivity contribution in [2.45, 2.75) is 25.7 Å². The van der Waals surface area contributed by atoms with Crippen molar-refractivity contribution in [1.82, 2.24) is 0 Å². The second kappa shape index (κ2) is 4.19. The molecule has 0 bridgehead atoms. The van der Waals surface area contributed by atoms with Crippen LogP contribution in [0.1, 0.15) is 20.8 Å². The van der Waals surface area contributed by atoms with Gasteiger partial charge in [-0.3, -0.25) is 0 Å². The summed E-state index contributed by atoms with van der Waals surface area (Å²) in [4.78, 5) is 0.338. The van der Waals surface area contributed by atoms with Gasteiger partial charge in [-0.2, -0.15) is 0 Å². The smallest absolute Gasteiger partial charge is 0.199 e. The summed E-state index contributed by atoms with van der Waals surface area (Å²) in [5.74, 6) is 0. The van der Waals surface area contributed by atoms with Crippen LogP contribution in [0.15, 0.2) is 46.7 Å². The van der Waals surface area contributed by atoms with Crippen molar-refractivity contribution in [2.24, 2.45) is 5.41 Å². The van der Waals surface area contributed by atoms with Crippen LogP contribution < -0.4 is 0 Å². The molecule has 1 aromatic carbocycles. The van der Waals surface area contributed by atoms with Gasteiger partial charge >= 0.3 is 0 Å². The summed E-state index contributed by atoms with van der Waals surface area (Å²) in [7, 11) is -3.27. The molecule has 0 fully saturated rings. The van der Waals surface area contributed by atoms with Crippen molar-refractivity contribution >= 4 is 9.84 Å². The van der Waals surface area contributed by atoms with Gasteiger partial charge in [0.15, 0.2) is 9.84 Å². The van der Waals surface area contributed by atoms with E-state index in [4.69, 9.17) is 0 Å². The van der Waals surface area contributed by atoms with E-state index in [-0.39, 0.29) is 5.41 Å². The second-order valence-electron chi connectivity index (χ2n) is 4.53. The molecule has 15 heavy (non-hydrogen) atoms. The van der Waals surface area contributed by atoms with Crippen molar-refractivity contribution in [1.29, 1.82) is 0 Å². The predicted octanol–water partition coefficient (Wildman–Crippen LogP) is 3.02. The fourth-order valence-electron chi connectivity index (χ4n) is 0.982. The van der Waals surface area contributed by atoms with Crippen LogP contribution in [-0.2, 0) is 9.84 Å². The molecule has 82 valence electrons. The lowest BCUT2D eigenvalue weighted by molar-refractivity contribution is 0.543. The van der Waals surface area contributed by atoms with Gasteiger partial charge in [-0.1, -0.05) is 45.0 Å². The lowest BCUT2D eigenvalue weighted by atomic mass is 9.98. The first-order chi connectivity index (χ1) is 6.81. The van der Waals surface area contributed by atoms with Crippen LogP contribution in [-0.4, -0.2) is 8.42 Å². The SMILES string of the molecule is CC(C)(C)/C=C\S(=O)(=O)c1ccccc1. The Morgan fingerprint density at radius 3 is 2.07 bits per heavy atom. The predicted molar refractivity (Wildman–Crippen MR) is 62.2 cm³/mol. The molecule has 0 amide bonds. The Hall–Kier alpha value is -1.09. The molecule has 0 saturated heterocycles. The van der Waals surface area contributed by atoms with E-state index in [1.807, 2.05) is 20.8 Å². The minimum atomic E-state index is -3.27. The van der Waals surface area contributed by atoms with Crippen molar-refractivity contribution in [3.8, 4) is 0 Å². The number of hydrogen-bond donors (Lipinski definition) is 0. The first kappa shape index (κ1) is 12.0. The maximum Gasteiger partial charge on any atom is 0.199 e. The quantitative estimate of drug-likeness (QED) is 0.773. The standard InChI is InChI=1S/C12H16O2S/c1-12(2,3)9-10-15(13,14)11-7-5-4-6-8-11/h4-10H,1-3H3/b10-9-. The monoisotopic (exact) mass is 224 g/mol. The van der Waals surface area contributed by atoms with Gasteiger partial charge in [0.2, 0.25) is 0 Å². The number of rotatable bonds is 2. The van der Waals surface area contributed by atoms with E-state index in [1.165, 1.54) is 5.41 Å². The van der Waals surface area contributed by atoms with Crippen LogP contribution >= 0.6 is 0 Å². The highest BCUT2D eigenvalue weighted by Crippen LogP contribution is 2.18. The Kier molecular flexibility index (Phi) is 3.35. The number of hydrogen-bond acceptors (Lipinski definition) is 2. The molecule has 0 aromatic heterocycles. The summed E-state index contributed by atoms with van der Waals surface area (Å²) < 4.78 is 23.6. The first-order valence-electron chi connectivity index (χ1n) is 4.81. The van der Waals surface area contributed by atoms with Gasteiger partial charge < -0.3 is 0 Å². The van der Waals surface area contributed by atoms with E-state index in [1.54, 1.807) is 36.4 Å². The summed E-state index contributed by atoms with van der Waals surface area (Å²) in [5.41, 5.74) is -0.123. The van der Waals surface area contributed by atoms with Crippen molar-refractivity contribution in [2.75, 3.05) is 0 Å². The van der Waals surface area contributed by atoms with Crippen LogP contribution in [0, 0.1) is 5.41 Å². The molecule has 1 rings (SSSR count). The minimum Gasteiger partial charge on any atom is -0.219 e. The Balaban J connectivity index is 3.01. The molecule has 0 spiro atoms. The molecule has 0 heterocycles. The van der Waals surface area contributed by atoms with Gasteiger partial charge in [-0.25, -0.2) is 8.42 Å². The zero-order chi connectivity index (χ0) is 11.5. The average Bonchev–Trinajstić information content (AvgIpc) is 2.16. The van der Waals surface area contributed by atoms with Crippen LogP contribution in [0.3, 0.4) is 0 Å². The normalized spacial score (nSPS) is 13.3. The van der Waals surface area contributed by atoms with E-state index in [2.05, 4.69) is 0 Å². The largest absolute Gasteiger partial charge is 0.219 e. The molecule has 0 radical (unpaired) electrons. The summed E-state index contributed by atoms with van der Waals surface area (Å²) in [6.45, 7) is 5.89. The maximum atomic E-state index is 11.8. The topological polar surface area (TPSA) is 34.1 Å². The fraction of sp³-hybridized carbons (Fsp3) is 0.333. The van der Waals surface area contributed by atoms with E-state index in [0.29, 0.717) is 4.90 Å². The summed E-state index contributed by atoms with van der Waals surface area (Å²) in [5, 5.41) is 1.28. The van der Waals surface area contributed by atoms with Gasteiger partial charge in [-0.15, -0.1) is 0 Å². The maximum absolute atomic E-state index is 11.8. The zero-order valence-electron chi connectivity index (χ0n) is 9.27. The van der Waals surface area contributed by atoms with Gasteiger partial charge in [0.25, 0.3) is 0 Å². The van der Waals surface area contributed by atoms with Crippen molar-refractivity contribution < 1.29 is 8.42 Å². The molecular weight excluding hydrogens is 208 g/mol. The molecule has 0 aliphatic carbocycles. The summed E-state index contributed by atoms with van der Waals surface area (Å²) in [6, 6.07) is 8.44. The molecule has 2 nitrogen and oxygen atoms in total. The molecule has 3 heteroatoms. The van der Waals surface area contributed by atoms with Gasteiger partial charge in [0.05, 0.1) is 4.90 Å². The van der Waals surface area contributed by atoms with Crippen molar-refractivity contribution in [3.05, 3.63) is 41.8 Å². The minimum absolute atomic E-state index is 0.123. The van der Waals surface area contributed by atoms with Gasteiger partial charge in [0.1, 0.15) is 0 Å². The Labute approximate surface area is 91.6 Å².